The molecule has 1 aliphatic carbocycles. The van der Waals surface area contributed by atoms with E-state index < -0.39 is 9.05 Å². The van der Waals surface area contributed by atoms with Gasteiger partial charge in [-0.2, -0.15) is 0 Å². The second kappa shape index (κ2) is 5.89. The Bertz CT molecular complexity index is 649. The molecule has 0 bridgehead atoms. The van der Waals surface area contributed by atoms with E-state index in [9.17, 15) is 13.2 Å². The maximum absolute atomic E-state index is 12.3. The minimum Gasteiger partial charge on any atom is -0.349 e. The van der Waals surface area contributed by atoms with Gasteiger partial charge in [-0.3, -0.25) is 4.79 Å². The largest absolute Gasteiger partial charge is 0.349 e. The zero-order valence-electron chi connectivity index (χ0n) is 12.4. The Morgan fingerprint density at radius 2 is 2.14 bits per heavy atom. The third-order valence-corrected chi connectivity index (χ3v) is 7.31. The van der Waals surface area contributed by atoms with E-state index in [-0.39, 0.29) is 21.6 Å². The molecule has 21 heavy (non-hydrogen) atoms. The summed E-state index contributed by atoms with van der Waals surface area (Å²) in [5, 5.41) is 4.59. The Kier molecular flexibility index (Phi) is 4.71. The molecule has 1 fully saturated rings. The van der Waals surface area contributed by atoms with Crippen molar-refractivity contribution < 1.29 is 13.2 Å². The summed E-state index contributed by atoms with van der Waals surface area (Å²) in [7, 11) is 1.57. The van der Waals surface area contributed by atoms with Crippen LogP contribution in [-0.4, -0.2) is 20.4 Å². The maximum Gasteiger partial charge on any atom is 0.271 e. The number of carbonyl (C=O) groups excluding carboxylic acids is 1. The van der Waals surface area contributed by atoms with Gasteiger partial charge in [-0.1, -0.05) is 20.3 Å². The third-order valence-electron chi connectivity index (χ3n) is 4.00. The van der Waals surface area contributed by atoms with E-state index in [0.29, 0.717) is 11.1 Å². The molecule has 0 spiro atoms. The zero-order chi connectivity index (χ0) is 15.8. The number of hydrogen-bond donors (Lipinski definition) is 1. The van der Waals surface area contributed by atoms with Crippen LogP contribution in [0.1, 0.15) is 55.5 Å². The van der Waals surface area contributed by atoms with Gasteiger partial charge >= 0.3 is 0 Å². The van der Waals surface area contributed by atoms with Gasteiger partial charge < -0.3 is 5.32 Å². The number of thiophene rings is 1. The highest BCUT2D eigenvalue weighted by molar-refractivity contribution is 8.15. The fourth-order valence-electron chi connectivity index (χ4n) is 2.95. The van der Waals surface area contributed by atoms with Gasteiger partial charge in [-0.25, -0.2) is 8.42 Å². The van der Waals surface area contributed by atoms with Crippen molar-refractivity contribution in [2.75, 3.05) is 0 Å². The molecule has 1 aliphatic rings. The lowest BCUT2D eigenvalue weighted by Crippen LogP contribution is -2.40. The molecule has 0 radical (unpaired) electrons. The average Bonchev–Trinajstić information content (AvgIpc) is 2.69. The van der Waals surface area contributed by atoms with Gasteiger partial charge in [0.15, 0.2) is 0 Å². The minimum atomic E-state index is -3.79. The predicted octanol–water partition coefficient (Wildman–Crippen LogP) is 3.68. The van der Waals surface area contributed by atoms with Crippen molar-refractivity contribution in [2.24, 2.45) is 5.41 Å². The van der Waals surface area contributed by atoms with Gasteiger partial charge in [0.2, 0.25) is 0 Å². The van der Waals surface area contributed by atoms with E-state index in [0.717, 1.165) is 30.6 Å². The number of carbonyl (C=O) groups is 1. The average molecular weight is 350 g/mol. The number of hydrogen-bond acceptors (Lipinski definition) is 4. The third kappa shape index (κ3) is 3.99. The van der Waals surface area contributed by atoms with Crippen LogP contribution in [0.4, 0.5) is 0 Å². The van der Waals surface area contributed by atoms with Crippen LogP contribution in [-0.2, 0) is 9.05 Å². The van der Waals surface area contributed by atoms with E-state index >= 15 is 0 Å². The lowest BCUT2D eigenvalue weighted by Gasteiger charge is -2.35. The molecule has 1 amide bonds. The Labute approximate surface area is 134 Å². The fraction of sp³-hybridized carbons (Fsp3) is 0.643. The first-order valence-corrected chi connectivity index (χ1v) is 10.1. The molecule has 1 saturated carbocycles. The zero-order valence-corrected chi connectivity index (χ0v) is 14.8. The first-order chi connectivity index (χ1) is 9.60. The molecule has 4 nitrogen and oxygen atoms in total. The number of nitrogens with one attached hydrogen (secondary N) is 1. The monoisotopic (exact) mass is 349 g/mol. The minimum absolute atomic E-state index is 0.0540. The van der Waals surface area contributed by atoms with Gasteiger partial charge in [-0.05, 0) is 37.2 Å². The van der Waals surface area contributed by atoms with Crippen molar-refractivity contribution >= 4 is 37.0 Å². The van der Waals surface area contributed by atoms with Gasteiger partial charge in [0.05, 0.1) is 5.56 Å². The molecule has 7 heteroatoms. The van der Waals surface area contributed by atoms with Gasteiger partial charge in [0.1, 0.15) is 4.21 Å². The van der Waals surface area contributed by atoms with Crippen molar-refractivity contribution in [2.45, 2.75) is 56.7 Å². The number of halogens is 1. The quantitative estimate of drug-likeness (QED) is 0.846. The predicted molar refractivity (Wildman–Crippen MR) is 85.6 cm³/mol. The van der Waals surface area contributed by atoms with E-state index in [4.69, 9.17) is 10.7 Å². The van der Waals surface area contributed by atoms with Crippen LogP contribution in [0.2, 0.25) is 0 Å². The van der Waals surface area contributed by atoms with Crippen molar-refractivity contribution in [1.82, 2.24) is 5.32 Å². The molecular weight excluding hydrogens is 330 g/mol. The van der Waals surface area contributed by atoms with Crippen LogP contribution >= 0.6 is 22.0 Å². The number of amides is 1. The first-order valence-electron chi connectivity index (χ1n) is 6.94. The molecule has 0 aliphatic heterocycles. The van der Waals surface area contributed by atoms with Gasteiger partial charge in [0, 0.05) is 22.1 Å². The molecule has 118 valence electrons. The summed E-state index contributed by atoms with van der Waals surface area (Å²) in [5.41, 5.74) is 1.08. The van der Waals surface area contributed by atoms with Crippen LogP contribution in [0.15, 0.2) is 9.59 Å². The van der Waals surface area contributed by atoms with E-state index in [1.54, 1.807) is 12.3 Å². The van der Waals surface area contributed by atoms with Crippen LogP contribution in [0.3, 0.4) is 0 Å². The van der Waals surface area contributed by atoms with Crippen molar-refractivity contribution in [3.63, 3.8) is 0 Å². The van der Waals surface area contributed by atoms with Crippen LogP contribution in [0.5, 0.6) is 0 Å². The van der Waals surface area contributed by atoms with Crippen molar-refractivity contribution in [1.29, 1.82) is 0 Å². The summed E-state index contributed by atoms with van der Waals surface area (Å²) in [6.45, 7) is 6.03. The lowest BCUT2D eigenvalue weighted by atomic mass is 9.75. The van der Waals surface area contributed by atoms with Crippen molar-refractivity contribution in [3.8, 4) is 0 Å². The highest BCUT2D eigenvalue weighted by atomic mass is 35.7. The van der Waals surface area contributed by atoms with E-state index in [1.807, 2.05) is 0 Å². The molecule has 1 aromatic heterocycles. The summed E-state index contributed by atoms with van der Waals surface area (Å²) in [5.74, 6) is -0.210. The molecular formula is C14H20ClNO3S2. The smallest absolute Gasteiger partial charge is 0.271 e. The summed E-state index contributed by atoms with van der Waals surface area (Å²) in [6.07, 6.45) is 4.19. The summed E-state index contributed by atoms with van der Waals surface area (Å²) in [6, 6.07) is 0.150. The molecule has 0 aromatic carbocycles. The highest BCUT2D eigenvalue weighted by Crippen LogP contribution is 2.35. The molecule has 1 N–H and O–H groups in total. The Morgan fingerprint density at radius 3 is 2.67 bits per heavy atom. The molecule has 1 heterocycles. The maximum atomic E-state index is 12.3. The molecule has 2 rings (SSSR count). The number of rotatable bonds is 3. The van der Waals surface area contributed by atoms with Crippen LogP contribution in [0, 0.1) is 12.3 Å². The van der Waals surface area contributed by atoms with Crippen molar-refractivity contribution in [3.05, 3.63) is 16.5 Å². The molecule has 1 unspecified atom stereocenters. The molecule has 0 saturated heterocycles. The van der Waals surface area contributed by atoms with E-state index in [2.05, 4.69) is 19.2 Å². The SMILES string of the molecule is Cc1c(C(=O)NC2CCCC(C)(C)C2)csc1S(=O)(=O)Cl. The second-order valence-corrected chi connectivity index (χ2v) is 10.1. The normalized spacial score (nSPS) is 22.0. The van der Waals surface area contributed by atoms with Gasteiger partial charge in [-0.15, -0.1) is 11.3 Å². The Balaban J connectivity index is 2.13. The molecule has 1 aromatic rings. The topological polar surface area (TPSA) is 63.2 Å². The summed E-state index contributed by atoms with van der Waals surface area (Å²) in [4.78, 5) is 12.3. The molecule has 1 atom stereocenters. The Hall–Kier alpha value is -0.590. The van der Waals surface area contributed by atoms with Crippen LogP contribution < -0.4 is 5.32 Å². The highest BCUT2D eigenvalue weighted by Gasteiger charge is 2.30. The van der Waals surface area contributed by atoms with Gasteiger partial charge in [0.25, 0.3) is 15.0 Å². The van der Waals surface area contributed by atoms with E-state index in [1.165, 1.54) is 6.42 Å². The van der Waals surface area contributed by atoms with Crippen LogP contribution in [0.25, 0.3) is 0 Å². The first kappa shape index (κ1) is 16.8. The lowest BCUT2D eigenvalue weighted by molar-refractivity contribution is 0.0902. The Morgan fingerprint density at radius 1 is 1.48 bits per heavy atom. The summed E-state index contributed by atoms with van der Waals surface area (Å²) < 4.78 is 22.9. The summed E-state index contributed by atoms with van der Waals surface area (Å²) >= 11 is 0.993. The second-order valence-electron chi connectivity index (χ2n) is 6.43. The standard InChI is InChI=1S/C14H20ClNO3S2/c1-9-11(8-20-13(9)21(15,18)19)12(17)16-10-5-4-6-14(2,3)7-10/h8,10H,4-7H2,1-3H3,(H,16,17). The fourth-order valence-corrected chi connectivity index (χ4v) is 5.50.